The number of para-hydroxylation sites is 2. The number of fused-ring (bicyclic) bond motifs is 1. The number of carbonyl (C=O) groups is 2. The van der Waals surface area contributed by atoms with Crippen LogP contribution in [-0.4, -0.2) is 54.5 Å². The summed E-state index contributed by atoms with van der Waals surface area (Å²) in [6, 6.07) is 11.2. The van der Waals surface area contributed by atoms with Gasteiger partial charge < -0.3 is 10.1 Å². The number of carbonyl (C=O) groups excluding carboxylic acids is 2. The van der Waals surface area contributed by atoms with Gasteiger partial charge in [-0.3, -0.25) is 9.89 Å². The fourth-order valence-corrected chi connectivity index (χ4v) is 5.69. The molecule has 33 heavy (non-hydrogen) atoms. The summed E-state index contributed by atoms with van der Waals surface area (Å²) in [5, 5.41) is 9.96. The van der Waals surface area contributed by atoms with E-state index in [1.807, 2.05) is 0 Å². The smallest absolute Gasteiger partial charge is 0.340 e. The van der Waals surface area contributed by atoms with Crippen molar-refractivity contribution in [3.8, 4) is 0 Å². The number of nitrogens with one attached hydrogen (secondary N) is 2. The fraction of sp³-hybridized carbons (Fsp3) is 0.348. The van der Waals surface area contributed by atoms with E-state index in [2.05, 4.69) is 15.5 Å². The summed E-state index contributed by atoms with van der Waals surface area (Å²) in [4.78, 5) is 25.0. The van der Waals surface area contributed by atoms with E-state index < -0.39 is 28.5 Å². The van der Waals surface area contributed by atoms with Crippen LogP contribution in [0, 0.1) is 0 Å². The lowest BCUT2D eigenvalue weighted by atomic mass is 9.96. The van der Waals surface area contributed by atoms with E-state index in [1.165, 1.54) is 16.4 Å². The van der Waals surface area contributed by atoms with E-state index in [4.69, 9.17) is 4.74 Å². The summed E-state index contributed by atoms with van der Waals surface area (Å²) in [5.41, 5.74) is 0.928. The Hall–Kier alpha value is -3.24. The molecule has 0 atom stereocenters. The molecule has 1 heterocycles. The summed E-state index contributed by atoms with van der Waals surface area (Å²) in [6.07, 6.45) is 6.35. The molecule has 2 N–H and O–H groups in total. The number of hydrogen-bond acceptors (Lipinski definition) is 6. The highest BCUT2D eigenvalue weighted by atomic mass is 32.2. The van der Waals surface area contributed by atoms with Crippen LogP contribution < -0.4 is 5.32 Å². The van der Waals surface area contributed by atoms with Gasteiger partial charge in [-0.05, 0) is 31.0 Å². The Bertz CT molecular complexity index is 1260. The number of aromatic amines is 1. The Morgan fingerprint density at radius 1 is 1.12 bits per heavy atom. The summed E-state index contributed by atoms with van der Waals surface area (Å²) in [5.74, 6) is -1.32. The van der Waals surface area contributed by atoms with E-state index in [9.17, 15) is 18.0 Å². The molecule has 1 aliphatic rings. The van der Waals surface area contributed by atoms with Crippen molar-refractivity contribution in [1.29, 1.82) is 0 Å². The van der Waals surface area contributed by atoms with Crippen molar-refractivity contribution in [2.75, 3.05) is 19.0 Å². The number of H-pyrrole nitrogens is 1. The number of hydrogen-bond donors (Lipinski definition) is 2. The first-order chi connectivity index (χ1) is 15.9. The Morgan fingerprint density at radius 2 is 1.88 bits per heavy atom. The summed E-state index contributed by atoms with van der Waals surface area (Å²) >= 11 is 0. The first kappa shape index (κ1) is 22.9. The average molecular weight is 471 g/mol. The van der Waals surface area contributed by atoms with Crippen molar-refractivity contribution in [3.63, 3.8) is 0 Å². The van der Waals surface area contributed by atoms with Gasteiger partial charge in [0.25, 0.3) is 5.91 Å². The number of anilines is 1. The largest absolute Gasteiger partial charge is 0.452 e. The van der Waals surface area contributed by atoms with E-state index in [0.29, 0.717) is 5.52 Å². The number of rotatable bonds is 7. The number of ether oxygens (including phenoxy) is 1. The van der Waals surface area contributed by atoms with Crippen LogP contribution in [0.4, 0.5) is 5.69 Å². The van der Waals surface area contributed by atoms with E-state index in [0.717, 1.165) is 37.5 Å². The predicted molar refractivity (Wildman–Crippen MR) is 123 cm³/mol. The summed E-state index contributed by atoms with van der Waals surface area (Å²) in [6.45, 7) is -0.559. The third kappa shape index (κ3) is 4.91. The molecule has 1 saturated carbocycles. The molecule has 0 spiro atoms. The van der Waals surface area contributed by atoms with Gasteiger partial charge >= 0.3 is 5.97 Å². The van der Waals surface area contributed by atoms with Crippen molar-refractivity contribution in [3.05, 3.63) is 54.2 Å². The minimum absolute atomic E-state index is 0.0139. The SMILES string of the molecule is CN(C1CCCCC1)S(=O)(=O)c1ccccc1NC(=O)COC(=O)c1cccc2cn[nH]c12. The molecule has 4 rings (SSSR count). The van der Waals surface area contributed by atoms with Gasteiger partial charge in [0.15, 0.2) is 6.61 Å². The zero-order chi connectivity index (χ0) is 23.4. The molecule has 1 aromatic heterocycles. The fourth-order valence-electron chi connectivity index (χ4n) is 4.13. The standard InChI is InChI=1S/C23H26N4O5S/c1-27(17-9-3-2-4-10-17)33(30,31)20-13-6-5-12-19(20)25-21(28)15-32-23(29)18-11-7-8-16-14-24-26-22(16)18/h5-8,11-14,17H,2-4,9-10,15H2,1H3,(H,24,26)(H,25,28). The van der Waals surface area contributed by atoms with Crippen molar-refractivity contribution in [2.24, 2.45) is 0 Å². The topological polar surface area (TPSA) is 121 Å². The molecule has 10 heteroatoms. The molecule has 2 aromatic carbocycles. The van der Waals surface area contributed by atoms with E-state index in [1.54, 1.807) is 43.6 Å². The molecular formula is C23H26N4O5S. The van der Waals surface area contributed by atoms with Crippen molar-refractivity contribution in [2.45, 2.75) is 43.0 Å². The second kappa shape index (κ2) is 9.72. The van der Waals surface area contributed by atoms with Crippen LogP contribution in [0.25, 0.3) is 10.9 Å². The molecule has 1 amide bonds. The van der Waals surface area contributed by atoms with Gasteiger partial charge in [-0.2, -0.15) is 9.40 Å². The van der Waals surface area contributed by atoms with Gasteiger partial charge in [-0.1, -0.05) is 43.5 Å². The van der Waals surface area contributed by atoms with Crippen LogP contribution in [-0.2, 0) is 19.6 Å². The Labute approximate surface area is 192 Å². The van der Waals surface area contributed by atoms with Crippen LogP contribution in [0.3, 0.4) is 0 Å². The first-order valence-corrected chi connectivity index (χ1v) is 12.3. The highest BCUT2D eigenvalue weighted by Crippen LogP contribution is 2.29. The Kier molecular flexibility index (Phi) is 6.75. The Balaban J connectivity index is 1.44. The number of esters is 1. The molecule has 0 aliphatic heterocycles. The molecule has 0 radical (unpaired) electrons. The molecule has 1 fully saturated rings. The lowest BCUT2D eigenvalue weighted by Crippen LogP contribution is -2.38. The second-order valence-electron chi connectivity index (χ2n) is 8.07. The Morgan fingerprint density at radius 3 is 2.67 bits per heavy atom. The minimum atomic E-state index is -3.81. The van der Waals surface area contributed by atoms with Crippen LogP contribution in [0.1, 0.15) is 42.5 Å². The number of amides is 1. The third-order valence-corrected chi connectivity index (χ3v) is 7.91. The van der Waals surface area contributed by atoms with Gasteiger partial charge in [0.05, 0.1) is 23.0 Å². The van der Waals surface area contributed by atoms with Gasteiger partial charge in [0.2, 0.25) is 10.0 Å². The molecular weight excluding hydrogens is 444 g/mol. The maximum atomic E-state index is 13.3. The third-order valence-electron chi connectivity index (χ3n) is 5.94. The van der Waals surface area contributed by atoms with Crippen LogP contribution in [0.15, 0.2) is 53.6 Å². The molecule has 0 saturated heterocycles. The maximum Gasteiger partial charge on any atom is 0.340 e. The number of aromatic nitrogens is 2. The van der Waals surface area contributed by atoms with E-state index >= 15 is 0 Å². The molecule has 174 valence electrons. The molecule has 1 aliphatic carbocycles. The quantitative estimate of drug-likeness (QED) is 0.511. The van der Waals surface area contributed by atoms with Gasteiger partial charge in [-0.25, -0.2) is 13.2 Å². The average Bonchev–Trinajstić information content (AvgIpc) is 3.32. The number of benzene rings is 2. The first-order valence-electron chi connectivity index (χ1n) is 10.8. The van der Waals surface area contributed by atoms with Crippen LogP contribution in [0.2, 0.25) is 0 Å². The number of sulfonamides is 1. The molecule has 9 nitrogen and oxygen atoms in total. The summed E-state index contributed by atoms with van der Waals surface area (Å²) in [7, 11) is -2.22. The van der Waals surface area contributed by atoms with Gasteiger partial charge in [0.1, 0.15) is 4.90 Å². The van der Waals surface area contributed by atoms with Crippen LogP contribution in [0.5, 0.6) is 0 Å². The van der Waals surface area contributed by atoms with Gasteiger partial charge in [-0.15, -0.1) is 0 Å². The maximum absolute atomic E-state index is 13.3. The van der Waals surface area contributed by atoms with Crippen molar-refractivity contribution in [1.82, 2.24) is 14.5 Å². The lowest BCUT2D eigenvalue weighted by molar-refractivity contribution is -0.119. The van der Waals surface area contributed by atoms with Crippen molar-refractivity contribution < 1.29 is 22.7 Å². The predicted octanol–water partition coefficient (Wildman–Crippen LogP) is 3.31. The normalized spacial score (nSPS) is 15.0. The molecule has 0 bridgehead atoms. The van der Waals surface area contributed by atoms with Crippen LogP contribution >= 0.6 is 0 Å². The summed E-state index contributed by atoms with van der Waals surface area (Å²) < 4.78 is 33.1. The zero-order valence-electron chi connectivity index (χ0n) is 18.3. The number of nitrogens with zero attached hydrogens (tertiary/aromatic N) is 2. The molecule has 0 unspecified atom stereocenters. The minimum Gasteiger partial charge on any atom is -0.452 e. The van der Waals surface area contributed by atoms with Gasteiger partial charge in [0, 0.05) is 18.5 Å². The zero-order valence-corrected chi connectivity index (χ0v) is 19.1. The van der Waals surface area contributed by atoms with Crippen molar-refractivity contribution >= 4 is 38.5 Å². The monoisotopic (exact) mass is 470 g/mol. The molecule has 3 aromatic rings. The lowest BCUT2D eigenvalue weighted by Gasteiger charge is -2.30. The highest BCUT2D eigenvalue weighted by molar-refractivity contribution is 7.89. The second-order valence-corrected chi connectivity index (χ2v) is 10.0. The van der Waals surface area contributed by atoms with E-state index in [-0.39, 0.29) is 22.2 Å². The highest BCUT2D eigenvalue weighted by Gasteiger charge is 2.31.